The Hall–Kier alpha value is -3.03. The number of hydrogen-bond acceptors (Lipinski definition) is 3. The van der Waals surface area contributed by atoms with Gasteiger partial charge >= 0.3 is 0 Å². The molecule has 0 atom stereocenters. The van der Waals surface area contributed by atoms with E-state index in [2.05, 4.69) is 5.32 Å². The predicted octanol–water partition coefficient (Wildman–Crippen LogP) is 2.37. The molecule has 27 heavy (non-hydrogen) atoms. The molecule has 2 aromatic carbocycles. The minimum absolute atomic E-state index is 0.0421. The van der Waals surface area contributed by atoms with Gasteiger partial charge in [0.2, 0.25) is 5.91 Å². The molecule has 142 valence electrons. The monoisotopic (exact) mass is 378 g/mol. The van der Waals surface area contributed by atoms with Gasteiger partial charge in [-0.15, -0.1) is 0 Å². The van der Waals surface area contributed by atoms with Gasteiger partial charge in [-0.05, 0) is 42.5 Å². The average molecular weight is 378 g/mol. The number of nitrogens with one attached hydrogen (secondary N) is 1. The molecule has 1 saturated heterocycles. The summed E-state index contributed by atoms with van der Waals surface area (Å²) in [6.07, 6.45) is 0. The lowest BCUT2D eigenvalue weighted by Gasteiger charge is -2.38. The van der Waals surface area contributed by atoms with Gasteiger partial charge in [-0.2, -0.15) is 0 Å². The minimum atomic E-state index is -1.09. The summed E-state index contributed by atoms with van der Waals surface area (Å²) in [5, 5.41) is 2.70. The van der Waals surface area contributed by atoms with Crippen LogP contribution in [0.4, 0.5) is 13.2 Å². The van der Waals surface area contributed by atoms with E-state index in [-0.39, 0.29) is 49.4 Å². The van der Waals surface area contributed by atoms with Crippen molar-refractivity contribution >= 4 is 11.8 Å². The van der Waals surface area contributed by atoms with Crippen LogP contribution in [0.2, 0.25) is 0 Å². The van der Waals surface area contributed by atoms with Crippen LogP contribution in [0.25, 0.3) is 0 Å². The van der Waals surface area contributed by atoms with Gasteiger partial charge in [-0.3, -0.25) is 9.59 Å². The van der Waals surface area contributed by atoms with Crippen molar-refractivity contribution in [2.75, 3.05) is 26.2 Å². The fourth-order valence-electron chi connectivity index (χ4n) is 2.64. The lowest BCUT2D eigenvalue weighted by atomic mass is 9.98. The normalized spacial score (nSPS) is 13.8. The van der Waals surface area contributed by atoms with E-state index in [1.807, 2.05) is 0 Å². The molecule has 0 saturated carbocycles. The Morgan fingerprint density at radius 1 is 1.04 bits per heavy atom. The first-order chi connectivity index (χ1) is 12.9. The van der Waals surface area contributed by atoms with Crippen molar-refractivity contribution in [1.82, 2.24) is 10.2 Å². The predicted molar refractivity (Wildman–Crippen MR) is 90.7 cm³/mol. The summed E-state index contributed by atoms with van der Waals surface area (Å²) >= 11 is 0. The summed E-state index contributed by atoms with van der Waals surface area (Å²) in [4.78, 5) is 25.6. The number of nitrogens with zero attached hydrogens (tertiary/aromatic N) is 1. The zero-order valence-electron chi connectivity index (χ0n) is 14.3. The topological polar surface area (TPSA) is 58.6 Å². The van der Waals surface area contributed by atoms with Crippen molar-refractivity contribution in [3.63, 3.8) is 0 Å². The van der Waals surface area contributed by atoms with Crippen LogP contribution in [0.3, 0.4) is 0 Å². The number of benzene rings is 2. The summed E-state index contributed by atoms with van der Waals surface area (Å²) in [5.41, 5.74) is 0.0421. The molecule has 0 aliphatic carbocycles. The average Bonchev–Trinajstić information content (AvgIpc) is 2.61. The zero-order chi connectivity index (χ0) is 19.4. The molecule has 1 N–H and O–H groups in total. The smallest absolute Gasteiger partial charge is 0.254 e. The Bertz CT molecular complexity index is 837. The van der Waals surface area contributed by atoms with E-state index >= 15 is 0 Å². The summed E-state index contributed by atoms with van der Waals surface area (Å²) in [5.74, 6) is -2.98. The highest BCUT2D eigenvalue weighted by Gasteiger charge is 2.36. The van der Waals surface area contributed by atoms with Crippen molar-refractivity contribution < 1.29 is 27.5 Å². The maximum Gasteiger partial charge on any atom is 0.254 e. The first-order valence-electron chi connectivity index (χ1n) is 8.34. The van der Waals surface area contributed by atoms with E-state index in [1.165, 1.54) is 35.2 Å². The van der Waals surface area contributed by atoms with Crippen molar-refractivity contribution in [2.24, 2.45) is 5.92 Å². The van der Waals surface area contributed by atoms with Crippen LogP contribution in [-0.2, 0) is 4.79 Å². The van der Waals surface area contributed by atoms with Crippen LogP contribution < -0.4 is 10.1 Å². The van der Waals surface area contributed by atoms with Crippen LogP contribution >= 0.6 is 0 Å². The number of rotatable bonds is 6. The Labute approximate surface area is 153 Å². The quantitative estimate of drug-likeness (QED) is 0.786. The largest absolute Gasteiger partial charge is 0.492 e. The molecule has 5 nitrogen and oxygen atoms in total. The number of hydrogen-bond donors (Lipinski definition) is 1. The van der Waals surface area contributed by atoms with Crippen LogP contribution in [-0.4, -0.2) is 43.0 Å². The first kappa shape index (κ1) is 18.8. The summed E-state index contributed by atoms with van der Waals surface area (Å²) in [6, 6.07) is 8.49. The molecule has 1 aliphatic rings. The highest BCUT2D eigenvalue weighted by atomic mass is 19.2. The lowest BCUT2D eigenvalue weighted by molar-refractivity contribution is -0.129. The number of ether oxygens (including phenoxy) is 1. The minimum Gasteiger partial charge on any atom is -0.492 e. The number of amides is 2. The van der Waals surface area contributed by atoms with Gasteiger partial charge in [-0.1, -0.05) is 0 Å². The first-order valence-corrected chi connectivity index (χ1v) is 8.34. The molecule has 0 unspecified atom stereocenters. The van der Waals surface area contributed by atoms with Gasteiger partial charge < -0.3 is 15.0 Å². The summed E-state index contributed by atoms with van der Waals surface area (Å²) in [7, 11) is 0. The van der Waals surface area contributed by atoms with Crippen molar-refractivity contribution in [3.05, 3.63) is 65.5 Å². The second-order valence-electron chi connectivity index (χ2n) is 6.13. The molecule has 0 spiro atoms. The lowest BCUT2D eigenvalue weighted by Crippen LogP contribution is -2.56. The Morgan fingerprint density at radius 2 is 1.74 bits per heavy atom. The highest BCUT2D eigenvalue weighted by Crippen LogP contribution is 2.20. The molecular formula is C19H17F3N2O3. The summed E-state index contributed by atoms with van der Waals surface area (Å²) in [6.45, 7) is 0.913. The molecule has 2 aromatic rings. The van der Waals surface area contributed by atoms with Gasteiger partial charge in [0.15, 0.2) is 11.6 Å². The molecule has 3 rings (SSSR count). The third-order valence-corrected chi connectivity index (χ3v) is 4.19. The van der Waals surface area contributed by atoms with Gasteiger partial charge in [-0.25, -0.2) is 13.2 Å². The second-order valence-corrected chi connectivity index (χ2v) is 6.13. The molecule has 2 amide bonds. The maximum absolute atomic E-state index is 13.2. The molecule has 0 aromatic heterocycles. The van der Waals surface area contributed by atoms with E-state index in [0.29, 0.717) is 5.75 Å². The highest BCUT2D eigenvalue weighted by molar-refractivity contribution is 5.96. The SMILES string of the molecule is O=C(NCCOc1ccc(F)cc1)C1CN(C(=O)c2ccc(F)c(F)c2)C1. The van der Waals surface area contributed by atoms with E-state index in [9.17, 15) is 22.8 Å². The fraction of sp³-hybridized carbons (Fsp3) is 0.263. The van der Waals surface area contributed by atoms with Crippen molar-refractivity contribution in [1.29, 1.82) is 0 Å². The number of carbonyl (C=O) groups excluding carboxylic acids is 2. The van der Waals surface area contributed by atoms with Crippen molar-refractivity contribution in [3.8, 4) is 5.75 Å². The van der Waals surface area contributed by atoms with E-state index in [0.717, 1.165) is 12.1 Å². The van der Waals surface area contributed by atoms with Crippen LogP contribution in [0.1, 0.15) is 10.4 Å². The third kappa shape index (κ3) is 4.58. The number of likely N-dealkylation sites (tertiary alicyclic amines) is 1. The maximum atomic E-state index is 13.2. The fourth-order valence-corrected chi connectivity index (χ4v) is 2.64. The van der Waals surface area contributed by atoms with Gasteiger partial charge in [0, 0.05) is 18.7 Å². The standard InChI is InChI=1S/C19H17F3N2O3/c20-14-2-4-15(5-3-14)27-8-7-23-18(25)13-10-24(11-13)19(26)12-1-6-16(21)17(22)9-12/h1-6,9,13H,7-8,10-11H2,(H,23,25). The molecular weight excluding hydrogens is 361 g/mol. The zero-order valence-corrected chi connectivity index (χ0v) is 14.3. The second kappa shape index (κ2) is 8.11. The van der Waals surface area contributed by atoms with Crippen molar-refractivity contribution in [2.45, 2.75) is 0 Å². The van der Waals surface area contributed by atoms with Crippen LogP contribution in [0, 0.1) is 23.4 Å². The van der Waals surface area contributed by atoms with Gasteiger partial charge in [0.05, 0.1) is 12.5 Å². The Kier molecular flexibility index (Phi) is 5.63. The number of carbonyl (C=O) groups is 2. The molecule has 0 radical (unpaired) electrons. The molecule has 1 heterocycles. The van der Waals surface area contributed by atoms with Gasteiger partial charge in [0.25, 0.3) is 5.91 Å². The molecule has 1 aliphatic heterocycles. The molecule has 1 fully saturated rings. The molecule has 8 heteroatoms. The Morgan fingerprint density at radius 3 is 2.41 bits per heavy atom. The summed E-state index contributed by atoms with van der Waals surface area (Å²) < 4.78 is 44.3. The third-order valence-electron chi connectivity index (χ3n) is 4.19. The van der Waals surface area contributed by atoms with Crippen LogP contribution in [0.5, 0.6) is 5.75 Å². The Balaban J connectivity index is 1.38. The number of halogens is 3. The van der Waals surface area contributed by atoms with Crippen LogP contribution in [0.15, 0.2) is 42.5 Å². The van der Waals surface area contributed by atoms with E-state index < -0.39 is 17.5 Å². The van der Waals surface area contributed by atoms with E-state index in [1.54, 1.807) is 0 Å². The van der Waals surface area contributed by atoms with Gasteiger partial charge in [0.1, 0.15) is 18.2 Å². The van der Waals surface area contributed by atoms with E-state index in [4.69, 9.17) is 4.74 Å². The molecule has 0 bridgehead atoms.